The van der Waals surface area contributed by atoms with Gasteiger partial charge in [-0.25, -0.2) is 8.78 Å². The maximum Gasteiger partial charge on any atom is 0.131 e. The molecule has 2 aromatic carbocycles. The second kappa shape index (κ2) is 5.10. The summed E-state index contributed by atoms with van der Waals surface area (Å²) in [5.41, 5.74) is 9.80. The van der Waals surface area contributed by atoms with Crippen molar-refractivity contribution in [3.8, 4) is 0 Å². The summed E-state index contributed by atoms with van der Waals surface area (Å²) in [5.74, 6) is -1.15. The Balaban J connectivity index is 2.52. The van der Waals surface area contributed by atoms with E-state index in [0.29, 0.717) is 11.1 Å². The Bertz CT molecular complexity index is 620. The Kier molecular flexibility index (Phi) is 3.67. The van der Waals surface area contributed by atoms with Gasteiger partial charge in [-0.15, -0.1) is 0 Å². The van der Waals surface area contributed by atoms with Crippen LogP contribution in [0.2, 0.25) is 0 Å². The third kappa shape index (κ3) is 2.66. The molecule has 2 rings (SSSR count). The minimum Gasteiger partial charge on any atom is -0.320 e. The summed E-state index contributed by atoms with van der Waals surface area (Å²) in [6.45, 7) is 5.50. The Morgan fingerprint density at radius 1 is 0.842 bits per heavy atom. The van der Waals surface area contributed by atoms with Gasteiger partial charge < -0.3 is 5.73 Å². The van der Waals surface area contributed by atoms with Gasteiger partial charge >= 0.3 is 0 Å². The highest BCUT2D eigenvalue weighted by Crippen LogP contribution is 2.27. The van der Waals surface area contributed by atoms with Gasteiger partial charge in [0.1, 0.15) is 11.6 Å². The summed E-state index contributed by atoms with van der Waals surface area (Å²) >= 11 is 0. The molecule has 19 heavy (non-hydrogen) atoms. The number of hydrogen-bond donors (Lipinski definition) is 1. The lowest BCUT2D eigenvalue weighted by Crippen LogP contribution is -2.15. The molecule has 0 saturated heterocycles. The van der Waals surface area contributed by atoms with Crippen molar-refractivity contribution >= 4 is 0 Å². The lowest BCUT2D eigenvalue weighted by atomic mass is 9.93. The molecular weight excluding hydrogens is 244 g/mol. The summed E-state index contributed by atoms with van der Waals surface area (Å²) in [7, 11) is 0. The fourth-order valence-electron chi connectivity index (χ4n) is 2.18. The third-order valence-electron chi connectivity index (χ3n) is 3.38. The summed E-state index contributed by atoms with van der Waals surface area (Å²) < 4.78 is 27.2. The summed E-state index contributed by atoms with van der Waals surface area (Å²) in [6.07, 6.45) is 0. The number of rotatable bonds is 2. The zero-order valence-electron chi connectivity index (χ0n) is 11.3. The maximum absolute atomic E-state index is 13.9. The van der Waals surface area contributed by atoms with Crippen LogP contribution in [-0.2, 0) is 0 Å². The summed E-state index contributed by atoms with van der Waals surface area (Å²) in [5, 5.41) is 0. The molecule has 0 heterocycles. The molecule has 0 aliphatic heterocycles. The molecule has 2 aromatic rings. The molecular formula is C16H17F2N. The van der Waals surface area contributed by atoms with Crippen LogP contribution in [0, 0.1) is 32.4 Å². The van der Waals surface area contributed by atoms with Gasteiger partial charge in [-0.05, 0) is 43.5 Å². The average Bonchev–Trinajstić information content (AvgIpc) is 2.36. The Hall–Kier alpha value is -1.74. The van der Waals surface area contributed by atoms with E-state index in [-0.39, 0.29) is 0 Å². The molecule has 1 unspecified atom stereocenters. The molecule has 1 nitrogen and oxygen atoms in total. The molecule has 0 saturated carbocycles. The fraction of sp³-hybridized carbons (Fsp3) is 0.250. The van der Waals surface area contributed by atoms with Crippen LogP contribution >= 0.6 is 0 Å². The molecule has 0 aliphatic carbocycles. The van der Waals surface area contributed by atoms with E-state index in [1.54, 1.807) is 6.92 Å². The van der Waals surface area contributed by atoms with Crippen molar-refractivity contribution in [2.75, 3.05) is 0 Å². The minimum atomic E-state index is -0.600. The molecule has 0 bridgehead atoms. The third-order valence-corrected chi connectivity index (χ3v) is 3.38. The second-order valence-corrected chi connectivity index (χ2v) is 4.96. The summed E-state index contributed by atoms with van der Waals surface area (Å²) in [4.78, 5) is 0. The van der Waals surface area contributed by atoms with Crippen molar-refractivity contribution in [3.63, 3.8) is 0 Å². The van der Waals surface area contributed by atoms with E-state index in [4.69, 9.17) is 5.73 Å². The van der Waals surface area contributed by atoms with Crippen LogP contribution in [0.15, 0.2) is 30.3 Å². The number of nitrogens with two attached hydrogens (primary N) is 1. The van der Waals surface area contributed by atoms with E-state index < -0.39 is 17.7 Å². The monoisotopic (exact) mass is 261 g/mol. The van der Waals surface area contributed by atoms with Crippen molar-refractivity contribution in [2.45, 2.75) is 26.8 Å². The predicted molar refractivity (Wildman–Crippen MR) is 73.0 cm³/mol. The molecule has 100 valence electrons. The average molecular weight is 261 g/mol. The number of halogens is 2. The van der Waals surface area contributed by atoms with Crippen LogP contribution in [0.25, 0.3) is 0 Å². The molecule has 1 atom stereocenters. The zero-order valence-corrected chi connectivity index (χ0v) is 11.3. The normalized spacial score (nSPS) is 12.5. The van der Waals surface area contributed by atoms with Crippen molar-refractivity contribution in [1.29, 1.82) is 0 Å². The standard InChI is InChI=1S/C16H17F2N/c1-9-4-5-10(2)12(6-9)16(19)13-7-11(3)14(17)8-15(13)18/h4-8,16H,19H2,1-3H3. The van der Waals surface area contributed by atoms with E-state index in [0.717, 1.165) is 22.8 Å². The van der Waals surface area contributed by atoms with Crippen molar-refractivity contribution in [1.82, 2.24) is 0 Å². The van der Waals surface area contributed by atoms with Gasteiger partial charge in [0.25, 0.3) is 0 Å². The summed E-state index contributed by atoms with van der Waals surface area (Å²) in [6, 6.07) is 7.68. The van der Waals surface area contributed by atoms with Gasteiger partial charge in [0.15, 0.2) is 0 Å². The maximum atomic E-state index is 13.9. The smallest absolute Gasteiger partial charge is 0.131 e. The molecule has 0 aromatic heterocycles. The first-order valence-electron chi connectivity index (χ1n) is 6.18. The number of hydrogen-bond acceptors (Lipinski definition) is 1. The Morgan fingerprint density at radius 3 is 2.21 bits per heavy atom. The minimum absolute atomic E-state index is 0.326. The molecule has 3 heteroatoms. The van der Waals surface area contributed by atoms with E-state index in [1.807, 2.05) is 32.0 Å². The predicted octanol–water partition coefficient (Wildman–Crippen LogP) is 3.94. The van der Waals surface area contributed by atoms with Gasteiger partial charge in [0.2, 0.25) is 0 Å². The van der Waals surface area contributed by atoms with E-state index in [2.05, 4.69) is 0 Å². The van der Waals surface area contributed by atoms with Crippen LogP contribution in [0.4, 0.5) is 8.78 Å². The van der Waals surface area contributed by atoms with Crippen LogP contribution in [-0.4, -0.2) is 0 Å². The van der Waals surface area contributed by atoms with Crippen LogP contribution < -0.4 is 5.73 Å². The Morgan fingerprint density at radius 2 is 1.53 bits per heavy atom. The molecule has 0 spiro atoms. The quantitative estimate of drug-likeness (QED) is 0.870. The number of aryl methyl sites for hydroxylation is 3. The molecule has 0 fully saturated rings. The highest BCUT2D eigenvalue weighted by molar-refractivity contribution is 5.40. The van der Waals surface area contributed by atoms with Gasteiger partial charge in [0, 0.05) is 11.6 Å². The second-order valence-electron chi connectivity index (χ2n) is 4.96. The van der Waals surface area contributed by atoms with Gasteiger partial charge in [-0.1, -0.05) is 23.8 Å². The van der Waals surface area contributed by atoms with Gasteiger partial charge in [-0.2, -0.15) is 0 Å². The van der Waals surface area contributed by atoms with Crippen molar-refractivity contribution in [3.05, 3.63) is 69.8 Å². The first kappa shape index (κ1) is 13.7. The fourth-order valence-corrected chi connectivity index (χ4v) is 2.18. The molecule has 0 amide bonds. The van der Waals surface area contributed by atoms with Crippen LogP contribution in [0.5, 0.6) is 0 Å². The lowest BCUT2D eigenvalue weighted by molar-refractivity contribution is 0.560. The SMILES string of the molecule is Cc1ccc(C)c(C(N)c2cc(C)c(F)cc2F)c1. The van der Waals surface area contributed by atoms with Crippen LogP contribution in [0.1, 0.15) is 33.9 Å². The van der Waals surface area contributed by atoms with E-state index >= 15 is 0 Å². The van der Waals surface area contributed by atoms with E-state index in [1.165, 1.54) is 6.07 Å². The highest BCUT2D eigenvalue weighted by atomic mass is 19.1. The first-order chi connectivity index (χ1) is 8.90. The molecule has 0 radical (unpaired) electrons. The van der Waals surface area contributed by atoms with Gasteiger partial charge in [-0.3, -0.25) is 0 Å². The van der Waals surface area contributed by atoms with Crippen molar-refractivity contribution < 1.29 is 8.78 Å². The zero-order chi connectivity index (χ0) is 14.2. The number of benzene rings is 2. The molecule has 0 aliphatic rings. The van der Waals surface area contributed by atoms with Crippen LogP contribution in [0.3, 0.4) is 0 Å². The van der Waals surface area contributed by atoms with E-state index in [9.17, 15) is 8.78 Å². The Labute approximate surface area is 112 Å². The largest absolute Gasteiger partial charge is 0.320 e. The lowest BCUT2D eigenvalue weighted by Gasteiger charge is -2.17. The first-order valence-corrected chi connectivity index (χ1v) is 6.18. The van der Waals surface area contributed by atoms with Crippen molar-refractivity contribution in [2.24, 2.45) is 5.73 Å². The topological polar surface area (TPSA) is 26.0 Å². The molecule has 2 N–H and O–H groups in total. The van der Waals surface area contributed by atoms with Gasteiger partial charge in [0.05, 0.1) is 6.04 Å². The highest BCUT2D eigenvalue weighted by Gasteiger charge is 2.17.